The molecule has 1 amide bonds. The molecule has 1 spiro atoms. The van der Waals surface area contributed by atoms with Crippen molar-refractivity contribution in [3.8, 4) is 0 Å². The minimum atomic E-state index is -0.276. The molecule has 14 heavy (non-hydrogen) atoms. The van der Waals surface area contributed by atoms with Crippen molar-refractivity contribution in [2.24, 2.45) is 11.3 Å². The maximum Gasteiger partial charge on any atom is 0.240 e. The van der Waals surface area contributed by atoms with Crippen LogP contribution in [0.3, 0.4) is 0 Å². The van der Waals surface area contributed by atoms with E-state index < -0.39 is 0 Å². The maximum atomic E-state index is 11.9. The molecule has 2 N–H and O–H groups in total. The fraction of sp³-hybridized carbons (Fsp3) is 0.909. The van der Waals surface area contributed by atoms with Crippen molar-refractivity contribution in [1.29, 1.82) is 0 Å². The Hall–Kier alpha value is -0.570. The van der Waals surface area contributed by atoms with Crippen LogP contribution in [0.25, 0.3) is 0 Å². The predicted molar refractivity (Wildman–Crippen MR) is 55.9 cm³/mol. The second-order valence-corrected chi connectivity index (χ2v) is 5.60. The molecule has 3 nitrogen and oxygen atoms in total. The van der Waals surface area contributed by atoms with Gasteiger partial charge in [0.2, 0.25) is 5.91 Å². The molecule has 2 aliphatic rings. The summed E-state index contributed by atoms with van der Waals surface area (Å²) in [6.07, 6.45) is 2.10. The fourth-order valence-electron chi connectivity index (χ4n) is 3.24. The third kappa shape index (κ3) is 1.34. The summed E-state index contributed by atoms with van der Waals surface area (Å²) in [7, 11) is 0. The number of carbonyl (C=O) groups is 1. The summed E-state index contributed by atoms with van der Waals surface area (Å²) in [4.78, 5) is 11.9. The summed E-state index contributed by atoms with van der Waals surface area (Å²) in [5.74, 6) is 0.652. The number of nitrogens with one attached hydrogen (secondary N) is 2. The summed E-state index contributed by atoms with van der Waals surface area (Å²) >= 11 is 0. The van der Waals surface area contributed by atoms with Gasteiger partial charge in [-0.25, -0.2) is 0 Å². The van der Waals surface area contributed by atoms with Gasteiger partial charge < -0.3 is 10.6 Å². The van der Waals surface area contributed by atoms with Gasteiger partial charge in [0.1, 0.15) is 5.54 Å². The standard InChI is InChI=1S/C11H20N2O/c1-8-6-10(2,3)7-11(8)9(14)12-4-5-13-11/h8,13H,4-7H2,1-3H3,(H,12,14). The second kappa shape index (κ2) is 2.96. The Balaban J connectivity index is 2.26. The molecule has 1 saturated heterocycles. The van der Waals surface area contributed by atoms with Crippen LogP contribution in [0.1, 0.15) is 33.6 Å². The molecule has 80 valence electrons. The van der Waals surface area contributed by atoms with E-state index in [-0.39, 0.29) is 11.4 Å². The average molecular weight is 196 g/mol. The highest BCUT2D eigenvalue weighted by molar-refractivity contribution is 5.88. The summed E-state index contributed by atoms with van der Waals surface area (Å²) in [5, 5.41) is 6.42. The molecule has 0 radical (unpaired) electrons. The van der Waals surface area contributed by atoms with Crippen molar-refractivity contribution < 1.29 is 4.79 Å². The Labute approximate surface area is 85.6 Å². The van der Waals surface area contributed by atoms with Gasteiger partial charge in [-0.1, -0.05) is 20.8 Å². The highest BCUT2D eigenvalue weighted by Crippen LogP contribution is 2.47. The average Bonchev–Trinajstić information content (AvgIpc) is 2.29. The molecular weight excluding hydrogens is 176 g/mol. The monoisotopic (exact) mass is 196 g/mol. The molecule has 2 atom stereocenters. The second-order valence-electron chi connectivity index (χ2n) is 5.60. The van der Waals surface area contributed by atoms with Crippen LogP contribution in [0, 0.1) is 11.3 Å². The van der Waals surface area contributed by atoms with E-state index in [0.717, 1.165) is 25.9 Å². The lowest BCUT2D eigenvalue weighted by Gasteiger charge is -2.37. The number of hydrogen-bond donors (Lipinski definition) is 2. The van der Waals surface area contributed by atoms with Crippen molar-refractivity contribution in [2.45, 2.75) is 39.2 Å². The van der Waals surface area contributed by atoms with E-state index in [4.69, 9.17) is 0 Å². The fourth-order valence-corrected chi connectivity index (χ4v) is 3.24. The van der Waals surface area contributed by atoms with Gasteiger partial charge >= 0.3 is 0 Å². The molecule has 1 aliphatic carbocycles. The van der Waals surface area contributed by atoms with E-state index in [2.05, 4.69) is 31.4 Å². The van der Waals surface area contributed by atoms with Crippen LogP contribution in [0.4, 0.5) is 0 Å². The molecule has 2 unspecified atom stereocenters. The minimum Gasteiger partial charge on any atom is -0.353 e. The first kappa shape index (κ1) is 9.97. The molecule has 3 heteroatoms. The molecule has 0 aromatic carbocycles. The zero-order chi connectivity index (χ0) is 10.4. The molecule has 0 bridgehead atoms. The van der Waals surface area contributed by atoms with Crippen LogP contribution >= 0.6 is 0 Å². The van der Waals surface area contributed by atoms with Gasteiger partial charge in [0.15, 0.2) is 0 Å². The van der Waals surface area contributed by atoms with E-state index in [1.165, 1.54) is 0 Å². The lowest BCUT2D eigenvalue weighted by molar-refractivity contribution is -0.130. The van der Waals surface area contributed by atoms with Gasteiger partial charge in [-0.3, -0.25) is 4.79 Å². The molecule has 0 aromatic rings. The largest absolute Gasteiger partial charge is 0.353 e. The van der Waals surface area contributed by atoms with Gasteiger partial charge in [-0.05, 0) is 24.2 Å². The number of piperazine rings is 1. The summed E-state index contributed by atoms with van der Waals surface area (Å²) in [6.45, 7) is 8.37. The molecule has 0 aromatic heterocycles. The highest BCUT2D eigenvalue weighted by Gasteiger charge is 2.53. The van der Waals surface area contributed by atoms with Crippen molar-refractivity contribution in [3.63, 3.8) is 0 Å². The smallest absolute Gasteiger partial charge is 0.240 e. The van der Waals surface area contributed by atoms with Crippen LogP contribution in [-0.4, -0.2) is 24.5 Å². The van der Waals surface area contributed by atoms with E-state index in [0.29, 0.717) is 11.3 Å². The number of rotatable bonds is 0. The molecule has 2 rings (SSSR count). The Morgan fingerprint density at radius 2 is 2.07 bits per heavy atom. The van der Waals surface area contributed by atoms with Gasteiger partial charge in [0, 0.05) is 13.1 Å². The SMILES string of the molecule is CC1CC(C)(C)CC12NCCNC2=O. The first-order valence-electron chi connectivity index (χ1n) is 5.50. The maximum absolute atomic E-state index is 11.9. The zero-order valence-electron chi connectivity index (χ0n) is 9.31. The van der Waals surface area contributed by atoms with Crippen LogP contribution in [0.5, 0.6) is 0 Å². The normalized spacial score (nSPS) is 41.4. The van der Waals surface area contributed by atoms with Crippen LogP contribution in [0.2, 0.25) is 0 Å². The Bertz CT molecular complexity index is 262. The van der Waals surface area contributed by atoms with Crippen molar-refractivity contribution in [1.82, 2.24) is 10.6 Å². The molecular formula is C11H20N2O. The predicted octanol–water partition coefficient (Wildman–Crippen LogP) is 0.901. The highest BCUT2D eigenvalue weighted by atomic mass is 16.2. The molecule has 2 fully saturated rings. The Morgan fingerprint density at radius 1 is 1.36 bits per heavy atom. The third-order valence-electron chi connectivity index (χ3n) is 3.71. The van der Waals surface area contributed by atoms with Crippen LogP contribution in [0.15, 0.2) is 0 Å². The number of hydrogen-bond acceptors (Lipinski definition) is 2. The van der Waals surface area contributed by atoms with E-state index in [1.807, 2.05) is 0 Å². The van der Waals surface area contributed by atoms with E-state index >= 15 is 0 Å². The van der Waals surface area contributed by atoms with Gasteiger partial charge in [-0.2, -0.15) is 0 Å². The summed E-state index contributed by atoms with van der Waals surface area (Å²) < 4.78 is 0. The first-order valence-corrected chi connectivity index (χ1v) is 5.50. The third-order valence-corrected chi connectivity index (χ3v) is 3.71. The summed E-state index contributed by atoms with van der Waals surface area (Å²) in [5.41, 5.74) is 0.0167. The first-order chi connectivity index (χ1) is 6.46. The lowest BCUT2D eigenvalue weighted by Crippen LogP contribution is -2.64. The zero-order valence-corrected chi connectivity index (χ0v) is 9.31. The summed E-state index contributed by atoms with van der Waals surface area (Å²) in [6, 6.07) is 0. The molecule has 1 heterocycles. The molecule has 1 aliphatic heterocycles. The number of amides is 1. The van der Waals surface area contributed by atoms with Gasteiger partial charge in [-0.15, -0.1) is 0 Å². The van der Waals surface area contributed by atoms with Crippen molar-refractivity contribution in [3.05, 3.63) is 0 Å². The van der Waals surface area contributed by atoms with E-state index in [1.54, 1.807) is 0 Å². The van der Waals surface area contributed by atoms with E-state index in [9.17, 15) is 4.79 Å². The Morgan fingerprint density at radius 3 is 2.57 bits per heavy atom. The number of carbonyl (C=O) groups excluding carboxylic acids is 1. The lowest BCUT2D eigenvalue weighted by atomic mass is 9.84. The molecule has 1 saturated carbocycles. The quantitative estimate of drug-likeness (QED) is 0.604. The van der Waals surface area contributed by atoms with Crippen LogP contribution < -0.4 is 10.6 Å². The topological polar surface area (TPSA) is 41.1 Å². The van der Waals surface area contributed by atoms with Gasteiger partial charge in [0.05, 0.1) is 0 Å². The van der Waals surface area contributed by atoms with Crippen molar-refractivity contribution >= 4 is 5.91 Å². The Kier molecular flexibility index (Phi) is 2.11. The van der Waals surface area contributed by atoms with Crippen LogP contribution in [-0.2, 0) is 4.79 Å². The van der Waals surface area contributed by atoms with Crippen molar-refractivity contribution in [2.75, 3.05) is 13.1 Å². The minimum absolute atomic E-state index is 0.210. The van der Waals surface area contributed by atoms with Gasteiger partial charge in [0.25, 0.3) is 0 Å².